The molecule has 2 rings (SSSR count). The maximum atomic E-state index is 5.92. The summed E-state index contributed by atoms with van der Waals surface area (Å²) in [6.45, 7) is 6.74. The van der Waals surface area contributed by atoms with Crippen LogP contribution in [-0.4, -0.2) is 12.0 Å². The standard InChI is InChI=1S/C16H20N2O/c1-11-7-12(2)16(13(3)8-11)19-10-15-9-14(17-4)5-6-18-15/h5-9H,10H2,1-4H3,(H,17,18). The summed E-state index contributed by atoms with van der Waals surface area (Å²) in [5.74, 6) is 0.960. The van der Waals surface area contributed by atoms with Crippen molar-refractivity contribution in [2.45, 2.75) is 27.4 Å². The van der Waals surface area contributed by atoms with Gasteiger partial charge >= 0.3 is 0 Å². The highest BCUT2D eigenvalue weighted by Crippen LogP contribution is 2.25. The van der Waals surface area contributed by atoms with Crippen LogP contribution in [0.2, 0.25) is 0 Å². The highest BCUT2D eigenvalue weighted by Gasteiger charge is 2.06. The van der Waals surface area contributed by atoms with Gasteiger partial charge in [-0.25, -0.2) is 0 Å². The van der Waals surface area contributed by atoms with E-state index < -0.39 is 0 Å². The van der Waals surface area contributed by atoms with E-state index in [1.165, 1.54) is 16.7 Å². The topological polar surface area (TPSA) is 34.2 Å². The van der Waals surface area contributed by atoms with E-state index in [1.54, 1.807) is 6.20 Å². The Labute approximate surface area is 114 Å². The third-order valence-corrected chi connectivity index (χ3v) is 3.07. The molecule has 0 unspecified atom stereocenters. The number of nitrogens with one attached hydrogen (secondary N) is 1. The first-order valence-corrected chi connectivity index (χ1v) is 6.43. The molecule has 2 aromatic rings. The van der Waals surface area contributed by atoms with Crippen molar-refractivity contribution in [3.05, 3.63) is 52.8 Å². The molecule has 1 aromatic heterocycles. The van der Waals surface area contributed by atoms with E-state index in [9.17, 15) is 0 Å². The Kier molecular flexibility index (Phi) is 4.05. The van der Waals surface area contributed by atoms with Crippen LogP contribution in [0.1, 0.15) is 22.4 Å². The number of nitrogens with zero attached hydrogens (tertiary/aromatic N) is 1. The molecule has 19 heavy (non-hydrogen) atoms. The van der Waals surface area contributed by atoms with Gasteiger partial charge in [-0.15, -0.1) is 0 Å². The minimum absolute atomic E-state index is 0.486. The molecule has 0 aliphatic rings. The summed E-state index contributed by atoms with van der Waals surface area (Å²) in [6, 6.07) is 8.21. The van der Waals surface area contributed by atoms with Crippen LogP contribution in [0, 0.1) is 20.8 Å². The van der Waals surface area contributed by atoms with Gasteiger partial charge in [0.15, 0.2) is 0 Å². The van der Waals surface area contributed by atoms with E-state index in [0.29, 0.717) is 6.61 Å². The fourth-order valence-electron chi connectivity index (χ4n) is 2.25. The lowest BCUT2D eigenvalue weighted by atomic mass is 10.1. The van der Waals surface area contributed by atoms with E-state index in [-0.39, 0.29) is 0 Å². The van der Waals surface area contributed by atoms with Crippen molar-refractivity contribution >= 4 is 5.69 Å². The van der Waals surface area contributed by atoms with Gasteiger partial charge in [-0.05, 0) is 44.0 Å². The summed E-state index contributed by atoms with van der Waals surface area (Å²) < 4.78 is 5.92. The van der Waals surface area contributed by atoms with Gasteiger partial charge < -0.3 is 10.1 Å². The van der Waals surface area contributed by atoms with Gasteiger partial charge in [0.2, 0.25) is 0 Å². The zero-order valence-corrected chi connectivity index (χ0v) is 11.9. The van der Waals surface area contributed by atoms with Gasteiger partial charge in [-0.3, -0.25) is 4.98 Å². The maximum Gasteiger partial charge on any atom is 0.130 e. The molecule has 0 aliphatic heterocycles. The number of ether oxygens (including phenoxy) is 1. The predicted molar refractivity (Wildman–Crippen MR) is 78.8 cm³/mol. The van der Waals surface area contributed by atoms with Crippen LogP contribution >= 0.6 is 0 Å². The summed E-state index contributed by atoms with van der Waals surface area (Å²) in [4.78, 5) is 4.31. The first-order chi connectivity index (χ1) is 9.10. The Hall–Kier alpha value is -2.03. The van der Waals surface area contributed by atoms with E-state index in [2.05, 4.69) is 43.2 Å². The van der Waals surface area contributed by atoms with Gasteiger partial charge in [0.25, 0.3) is 0 Å². The van der Waals surface area contributed by atoms with Gasteiger partial charge in [0, 0.05) is 18.9 Å². The highest BCUT2D eigenvalue weighted by molar-refractivity contribution is 5.44. The van der Waals surface area contributed by atoms with Crippen LogP contribution in [0.4, 0.5) is 5.69 Å². The first kappa shape index (κ1) is 13.4. The monoisotopic (exact) mass is 256 g/mol. The summed E-state index contributed by atoms with van der Waals surface area (Å²) >= 11 is 0. The Morgan fingerprint density at radius 1 is 1.11 bits per heavy atom. The van der Waals surface area contributed by atoms with Crippen LogP contribution in [0.5, 0.6) is 5.75 Å². The van der Waals surface area contributed by atoms with E-state index >= 15 is 0 Å². The fourth-order valence-corrected chi connectivity index (χ4v) is 2.25. The lowest BCUT2D eigenvalue weighted by Gasteiger charge is -2.13. The molecular formula is C16H20N2O. The molecule has 0 bridgehead atoms. The molecule has 0 saturated carbocycles. The molecule has 1 heterocycles. The Balaban J connectivity index is 2.14. The molecule has 0 spiro atoms. The molecule has 0 aliphatic carbocycles. The molecule has 0 saturated heterocycles. The minimum Gasteiger partial charge on any atom is -0.487 e. The summed E-state index contributed by atoms with van der Waals surface area (Å²) in [6.07, 6.45) is 1.79. The third-order valence-electron chi connectivity index (χ3n) is 3.07. The summed E-state index contributed by atoms with van der Waals surface area (Å²) in [5, 5.41) is 3.10. The second-order valence-corrected chi connectivity index (χ2v) is 4.80. The van der Waals surface area contributed by atoms with Crippen molar-refractivity contribution in [1.82, 2.24) is 4.98 Å². The normalized spacial score (nSPS) is 10.3. The quantitative estimate of drug-likeness (QED) is 0.907. The molecule has 3 nitrogen and oxygen atoms in total. The third kappa shape index (κ3) is 3.25. The maximum absolute atomic E-state index is 5.92. The number of aromatic nitrogens is 1. The number of pyridine rings is 1. The number of benzene rings is 1. The Morgan fingerprint density at radius 2 is 1.79 bits per heavy atom. The Morgan fingerprint density at radius 3 is 2.42 bits per heavy atom. The van der Waals surface area contributed by atoms with Gasteiger partial charge in [-0.1, -0.05) is 17.7 Å². The number of anilines is 1. The number of hydrogen-bond donors (Lipinski definition) is 1. The summed E-state index contributed by atoms with van der Waals surface area (Å²) in [7, 11) is 1.90. The fraction of sp³-hybridized carbons (Fsp3) is 0.312. The molecule has 0 radical (unpaired) electrons. The average Bonchev–Trinajstić information content (AvgIpc) is 2.37. The van der Waals surface area contributed by atoms with Crippen LogP contribution < -0.4 is 10.1 Å². The second kappa shape index (κ2) is 5.74. The van der Waals surface area contributed by atoms with Crippen molar-refractivity contribution in [3.8, 4) is 5.75 Å². The lowest BCUT2D eigenvalue weighted by Crippen LogP contribution is -2.02. The average molecular weight is 256 g/mol. The molecule has 0 amide bonds. The summed E-state index contributed by atoms with van der Waals surface area (Å²) in [5.41, 5.74) is 5.57. The second-order valence-electron chi connectivity index (χ2n) is 4.80. The molecule has 3 heteroatoms. The minimum atomic E-state index is 0.486. The number of hydrogen-bond acceptors (Lipinski definition) is 3. The predicted octanol–water partition coefficient (Wildman–Crippen LogP) is 3.63. The molecule has 100 valence electrons. The SMILES string of the molecule is CNc1ccnc(COc2c(C)cc(C)cc2C)c1. The van der Waals surface area contributed by atoms with Crippen molar-refractivity contribution in [2.75, 3.05) is 12.4 Å². The van der Waals surface area contributed by atoms with E-state index in [0.717, 1.165) is 17.1 Å². The smallest absolute Gasteiger partial charge is 0.130 e. The van der Waals surface area contributed by atoms with Crippen molar-refractivity contribution in [3.63, 3.8) is 0 Å². The van der Waals surface area contributed by atoms with E-state index in [1.807, 2.05) is 19.2 Å². The van der Waals surface area contributed by atoms with Gasteiger partial charge in [-0.2, -0.15) is 0 Å². The van der Waals surface area contributed by atoms with Crippen LogP contribution in [0.3, 0.4) is 0 Å². The van der Waals surface area contributed by atoms with Crippen LogP contribution in [-0.2, 0) is 6.61 Å². The van der Waals surface area contributed by atoms with Crippen molar-refractivity contribution in [1.29, 1.82) is 0 Å². The molecule has 1 N–H and O–H groups in total. The van der Waals surface area contributed by atoms with Crippen molar-refractivity contribution < 1.29 is 4.74 Å². The molecule has 0 fully saturated rings. The highest BCUT2D eigenvalue weighted by atomic mass is 16.5. The Bertz CT molecular complexity index is 556. The van der Waals surface area contributed by atoms with Gasteiger partial charge in [0.05, 0.1) is 5.69 Å². The van der Waals surface area contributed by atoms with Crippen LogP contribution in [0.25, 0.3) is 0 Å². The zero-order chi connectivity index (χ0) is 13.8. The zero-order valence-electron chi connectivity index (χ0n) is 11.9. The number of aryl methyl sites for hydroxylation is 3. The number of rotatable bonds is 4. The lowest BCUT2D eigenvalue weighted by molar-refractivity contribution is 0.297. The van der Waals surface area contributed by atoms with Crippen LogP contribution in [0.15, 0.2) is 30.5 Å². The first-order valence-electron chi connectivity index (χ1n) is 6.43. The largest absolute Gasteiger partial charge is 0.487 e. The molecule has 0 atom stereocenters. The van der Waals surface area contributed by atoms with E-state index in [4.69, 9.17) is 4.74 Å². The van der Waals surface area contributed by atoms with Crippen molar-refractivity contribution in [2.24, 2.45) is 0 Å². The molecule has 1 aromatic carbocycles. The van der Waals surface area contributed by atoms with Gasteiger partial charge in [0.1, 0.15) is 12.4 Å². The molecular weight excluding hydrogens is 236 g/mol.